The Morgan fingerprint density at radius 2 is 2.07 bits per heavy atom. The van der Waals surface area contributed by atoms with Crippen LogP contribution in [0.15, 0.2) is 24.3 Å². The van der Waals surface area contributed by atoms with E-state index in [9.17, 15) is 17.8 Å². The standard InChI is InChI=1S/C21H26N2O6S/c1-28-21(24)19-15-10-17-20-14(13-4-2-3-5-16(13)22-20)8-9-23(17)11-12(15)6-7-18(19)29-30(25,26)27/h2-5,12,15,17-19,22H,6-11H2,1H3,(H,25,26,27)/t12?,15?,17?,18-,19-/m0/s1. The van der Waals surface area contributed by atoms with Gasteiger partial charge in [-0.25, -0.2) is 4.18 Å². The highest BCUT2D eigenvalue weighted by Gasteiger charge is 2.51. The predicted octanol–water partition coefficient (Wildman–Crippen LogP) is 2.47. The average molecular weight is 435 g/mol. The van der Waals surface area contributed by atoms with Crippen LogP contribution in [0.2, 0.25) is 0 Å². The fourth-order valence-electron chi connectivity index (χ4n) is 6.05. The Kier molecular flexibility index (Phi) is 4.89. The molecule has 1 aliphatic carbocycles. The van der Waals surface area contributed by atoms with Gasteiger partial charge in [-0.15, -0.1) is 0 Å². The molecule has 8 nitrogen and oxygen atoms in total. The number of aromatic amines is 1. The molecule has 0 amide bonds. The lowest BCUT2D eigenvalue weighted by atomic mass is 9.65. The summed E-state index contributed by atoms with van der Waals surface area (Å²) in [5.41, 5.74) is 3.65. The smallest absolute Gasteiger partial charge is 0.397 e. The lowest BCUT2D eigenvalue weighted by Crippen LogP contribution is -2.54. The van der Waals surface area contributed by atoms with Crippen LogP contribution in [0.3, 0.4) is 0 Å². The number of hydrogen-bond donors (Lipinski definition) is 2. The first kappa shape index (κ1) is 20.0. The van der Waals surface area contributed by atoms with Gasteiger partial charge in [-0.05, 0) is 49.1 Å². The number of carbonyl (C=O) groups excluding carboxylic acids is 1. The number of carbonyl (C=O) groups is 1. The van der Waals surface area contributed by atoms with Gasteiger partial charge in [0.2, 0.25) is 0 Å². The van der Waals surface area contributed by atoms with E-state index < -0.39 is 28.4 Å². The molecule has 0 radical (unpaired) electrons. The quantitative estimate of drug-likeness (QED) is 0.564. The number of para-hydroxylation sites is 1. The number of benzene rings is 1. The maximum absolute atomic E-state index is 12.7. The highest BCUT2D eigenvalue weighted by atomic mass is 32.3. The third-order valence-corrected chi connectivity index (χ3v) is 7.73. The number of esters is 1. The molecular formula is C21H26N2O6S. The first-order chi connectivity index (χ1) is 14.4. The molecule has 2 fully saturated rings. The molecule has 2 aliphatic heterocycles. The van der Waals surface area contributed by atoms with E-state index in [1.54, 1.807) is 0 Å². The Morgan fingerprint density at radius 1 is 1.27 bits per heavy atom. The molecule has 0 bridgehead atoms. The normalized spacial score (nSPS) is 31.6. The van der Waals surface area contributed by atoms with Gasteiger partial charge >= 0.3 is 16.4 Å². The van der Waals surface area contributed by atoms with Gasteiger partial charge in [0, 0.05) is 29.7 Å². The van der Waals surface area contributed by atoms with Gasteiger partial charge in [-0.3, -0.25) is 14.2 Å². The maximum Gasteiger partial charge on any atom is 0.397 e. The second-order valence-corrected chi connectivity index (χ2v) is 9.72. The summed E-state index contributed by atoms with van der Waals surface area (Å²) in [7, 11) is -3.34. The number of ether oxygens (including phenoxy) is 1. The van der Waals surface area contributed by atoms with E-state index in [-0.39, 0.29) is 17.9 Å². The third kappa shape index (κ3) is 3.33. The van der Waals surface area contributed by atoms with Gasteiger partial charge in [0.15, 0.2) is 0 Å². The molecule has 1 aromatic heterocycles. The maximum atomic E-state index is 12.7. The van der Waals surface area contributed by atoms with Crippen LogP contribution >= 0.6 is 0 Å². The lowest BCUT2D eigenvalue weighted by Gasteiger charge is -2.51. The van der Waals surface area contributed by atoms with Crippen molar-refractivity contribution in [2.75, 3.05) is 20.2 Å². The Bertz CT molecular complexity index is 1080. The van der Waals surface area contributed by atoms with Crippen LogP contribution in [0.5, 0.6) is 0 Å². The summed E-state index contributed by atoms with van der Waals surface area (Å²) in [6.45, 7) is 1.83. The number of piperidine rings is 1. The molecule has 1 saturated carbocycles. The van der Waals surface area contributed by atoms with Crippen LogP contribution in [0, 0.1) is 17.8 Å². The average Bonchev–Trinajstić information content (AvgIpc) is 3.10. The first-order valence-corrected chi connectivity index (χ1v) is 11.8. The summed E-state index contributed by atoms with van der Waals surface area (Å²) in [6, 6.07) is 8.42. The van der Waals surface area contributed by atoms with Crippen LogP contribution in [-0.4, -0.2) is 55.1 Å². The number of methoxy groups -OCH3 is 1. The van der Waals surface area contributed by atoms with Crippen molar-refractivity contribution in [3.8, 4) is 0 Å². The van der Waals surface area contributed by atoms with E-state index in [2.05, 4.69) is 22.0 Å². The van der Waals surface area contributed by atoms with Crippen molar-refractivity contribution in [3.63, 3.8) is 0 Å². The Balaban J connectivity index is 1.50. The number of fused-ring (bicyclic) bond motifs is 6. The highest BCUT2D eigenvalue weighted by Crippen LogP contribution is 2.50. The molecule has 1 aromatic carbocycles. The van der Waals surface area contributed by atoms with E-state index in [1.165, 1.54) is 23.8 Å². The summed E-state index contributed by atoms with van der Waals surface area (Å²) in [5.74, 6) is -0.999. The number of H-pyrrole nitrogens is 1. The molecule has 2 N–H and O–H groups in total. The molecule has 162 valence electrons. The fourth-order valence-corrected chi connectivity index (χ4v) is 6.57. The van der Waals surface area contributed by atoms with Gasteiger partial charge in [0.05, 0.1) is 25.2 Å². The fraction of sp³-hybridized carbons (Fsp3) is 0.571. The minimum absolute atomic E-state index is 0.0726. The molecule has 5 rings (SSSR count). The van der Waals surface area contributed by atoms with Crippen molar-refractivity contribution in [1.82, 2.24) is 9.88 Å². The van der Waals surface area contributed by atoms with E-state index >= 15 is 0 Å². The summed E-state index contributed by atoms with van der Waals surface area (Å²) in [6.07, 6.45) is 1.96. The third-order valence-electron chi connectivity index (χ3n) is 7.24. The zero-order chi connectivity index (χ0) is 21.0. The summed E-state index contributed by atoms with van der Waals surface area (Å²) < 4.78 is 41.9. The lowest BCUT2D eigenvalue weighted by molar-refractivity contribution is -0.158. The Hall–Kier alpha value is -1.94. The number of nitrogens with one attached hydrogen (secondary N) is 1. The van der Waals surface area contributed by atoms with E-state index in [4.69, 9.17) is 8.92 Å². The molecule has 2 aromatic rings. The van der Waals surface area contributed by atoms with Crippen molar-refractivity contribution in [3.05, 3.63) is 35.5 Å². The van der Waals surface area contributed by atoms with Crippen molar-refractivity contribution in [2.45, 2.75) is 37.8 Å². The molecule has 3 heterocycles. The van der Waals surface area contributed by atoms with Crippen LogP contribution < -0.4 is 0 Å². The molecule has 1 saturated heterocycles. The van der Waals surface area contributed by atoms with Gasteiger partial charge in [0.25, 0.3) is 0 Å². The van der Waals surface area contributed by atoms with Crippen LogP contribution in [0.4, 0.5) is 0 Å². The zero-order valence-electron chi connectivity index (χ0n) is 16.8. The van der Waals surface area contributed by atoms with Crippen LogP contribution in [0.1, 0.15) is 36.6 Å². The SMILES string of the molecule is COC(=O)[C@H]1C2CC3c4[nH]c5ccccc5c4CCN3CC2CC[C@@H]1OS(=O)(=O)O. The molecule has 9 heteroatoms. The summed E-state index contributed by atoms with van der Waals surface area (Å²) >= 11 is 0. The largest absolute Gasteiger partial charge is 0.469 e. The summed E-state index contributed by atoms with van der Waals surface area (Å²) in [4.78, 5) is 18.7. The van der Waals surface area contributed by atoms with Crippen LogP contribution in [0.25, 0.3) is 10.9 Å². The minimum atomic E-state index is -4.65. The van der Waals surface area contributed by atoms with E-state index in [0.29, 0.717) is 6.42 Å². The molecule has 30 heavy (non-hydrogen) atoms. The van der Waals surface area contributed by atoms with E-state index in [0.717, 1.165) is 37.9 Å². The highest BCUT2D eigenvalue weighted by molar-refractivity contribution is 7.80. The van der Waals surface area contributed by atoms with Gasteiger partial charge in [-0.1, -0.05) is 18.2 Å². The summed E-state index contributed by atoms with van der Waals surface area (Å²) in [5, 5.41) is 1.25. The Labute approximate surface area is 175 Å². The van der Waals surface area contributed by atoms with Crippen molar-refractivity contribution < 1.29 is 26.7 Å². The van der Waals surface area contributed by atoms with Crippen LogP contribution in [-0.2, 0) is 30.5 Å². The van der Waals surface area contributed by atoms with Crippen molar-refractivity contribution in [1.29, 1.82) is 0 Å². The van der Waals surface area contributed by atoms with Gasteiger partial charge < -0.3 is 9.72 Å². The predicted molar refractivity (Wildman–Crippen MR) is 109 cm³/mol. The first-order valence-electron chi connectivity index (χ1n) is 10.4. The topological polar surface area (TPSA) is 109 Å². The molecular weight excluding hydrogens is 408 g/mol. The monoisotopic (exact) mass is 434 g/mol. The second kappa shape index (κ2) is 7.33. The van der Waals surface area contributed by atoms with E-state index in [1.807, 2.05) is 12.1 Å². The number of nitrogens with zero attached hydrogens (tertiary/aromatic N) is 1. The number of rotatable bonds is 3. The van der Waals surface area contributed by atoms with Crippen molar-refractivity contribution >= 4 is 27.3 Å². The molecule has 5 atom stereocenters. The zero-order valence-corrected chi connectivity index (χ0v) is 17.6. The molecule has 3 unspecified atom stereocenters. The Morgan fingerprint density at radius 3 is 2.83 bits per heavy atom. The second-order valence-electron chi connectivity index (χ2n) is 8.67. The van der Waals surface area contributed by atoms with Gasteiger partial charge in [0.1, 0.15) is 0 Å². The van der Waals surface area contributed by atoms with Gasteiger partial charge in [-0.2, -0.15) is 8.42 Å². The molecule has 0 spiro atoms. The molecule has 3 aliphatic rings. The number of aromatic nitrogens is 1. The van der Waals surface area contributed by atoms with Crippen molar-refractivity contribution in [2.24, 2.45) is 17.8 Å². The minimum Gasteiger partial charge on any atom is -0.469 e. The number of hydrogen-bond acceptors (Lipinski definition) is 6.